The molecule has 30 heavy (non-hydrogen) atoms. The quantitative estimate of drug-likeness (QED) is 0.790. The molecular weight excluding hydrogens is 380 g/mol. The van der Waals surface area contributed by atoms with Crippen molar-refractivity contribution >= 4 is 11.8 Å². The van der Waals surface area contributed by atoms with Crippen LogP contribution in [0.1, 0.15) is 52.0 Å². The van der Waals surface area contributed by atoms with Gasteiger partial charge in [-0.2, -0.15) is 4.80 Å². The molecule has 2 amide bonds. The van der Waals surface area contributed by atoms with E-state index in [0.717, 1.165) is 37.8 Å². The van der Waals surface area contributed by atoms with Crippen molar-refractivity contribution in [2.24, 2.45) is 11.8 Å². The number of hydrogen-bond acceptors (Lipinski definition) is 5. The molecule has 1 aliphatic heterocycles. The highest BCUT2D eigenvalue weighted by Crippen LogP contribution is 2.28. The zero-order chi connectivity index (χ0) is 21.1. The molecule has 0 bridgehead atoms. The van der Waals surface area contributed by atoms with Gasteiger partial charge in [-0.1, -0.05) is 44.2 Å². The number of nitrogens with zero attached hydrogens (tertiary/aromatic N) is 5. The number of hydrogen-bond donors (Lipinski definition) is 1. The first-order chi connectivity index (χ1) is 14.5. The standard InChI is InChI=1S/C22H30N6O2/c1-15(2)13-27-14-17(12-20(27)29)22(30)23-18-8-10-19(11-9-18)28-25-21(24-26-28)16-6-4-3-5-7-16/h3-7,15,17-19H,8-14H2,1-2H3,(H,23,30). The summed E-state index contributed by atoms with van der Waals surface area (Å²) < 4.78 is 0. The molecule has 1 aromatic heterocycles. The monoisotopic (exact) mass is 410 g/mol. The molecule has 1 saturated heterocycles. The molecule has 2 fully saturated rings. The fourth-order valence-electron chi connectivity index (χ4n) is 4.42. The normalized spacial score (nSPS) is 24.4. The molecule has 0 radical (unpaired) electrons. The highest BCUT2D eigenvalue weighted by atomic mass is 16.2. The van der Waals surface area contributed by atoms with Crippen molar-refractivity contribution in [2.75, 3.05) is 13.1 Å². The minimum atomic E-state index is -0.223. The van der Waals surface area contributed by atoms with E-state index in [9.17, 15) is 9.59 Å². The minimum absolute atomic E-state index is 0.0169. The second-order valence-electron chi connectivity index (χ2n) is 8.91. The van der Waals surface area contributed by atoms with Gasteiger partial charge >= 0.3 is 0 Å². The summed E-state index contributed by atoms with van der Waals surface area (Å²) in [6.45, 7) is 5.45. The fraction of sp³-hybridized carbons (Fsp3) is 0.591. The molecule has 1 saturated carbocycles. The van der Waals surface area contributed by atoms with Gasteiger partial charge in [0.1, 0.15) is 0 Å². The lowest BCUT2D eigenvalue weighted by molar-refractivity contribution is -0.129. The van der Waals surface area contributed by atoms with Crippen molar-refractivity contribution < 1.29 is 9.59 Å². The van der Waals surface area contributed by atoms with Crippen molar-refractivity contribution in [3.05, 3.63) is 30.3 Å². The molecule has 160 valence electrons. The Balaban J connectivity index is 1.27. The number of likely N-dealkylation sites (tertiary alicyclic amines) is 1. The van der Waals surface area contributed by atoms with E-state index in [1.807, 2.05) is 35.2 Å². The van der Waals surface area contributed by atoms with Crippen molar-refractivity contribution in [3.8, 4) is 11.4 Å². The molecule has 0 spiro atoms. The maximum atomic E-state index is 12.7. The molecule has 1 aromatic carbocycles. The van der Waals surface area contributed by atoms with Crippen LogP contribution in [0.4, 0.5) is 0 Å². The maximum absolute atomic E-state index is 12.7. The summed E-state index contributed by atoms with van der Waals surface area (Å²) in [5.74, 6) is 0.948. The summed E-state index contributed by atoms with van der Waals surface area (Å²) in [4.78, 5) is 28.4. The van der Waals surface area contributed by atoms with Crippen LogP contribution in [0.2, 0.25) is 0 Å². The van der Waals surface area contributed by atoms with Gasteiger partial charge in [-0.15, -0.1) is 10.2 Å². The Hall–Kier alpha value is -2.77. The molecule has 1 aliphatic carbocycles. The fourth-order valence-corrected chi connectivity index (χ4v) is 4.42. The Bertz CT molecular complexity index is 873. The highest BCUT2D eigenvalue weighted by Gasteiger charge is 2.35. The molecule has 4 rings (SSSR count). The van der Waals surface area contributed by atoms with Crippen LogP contribution in [0, 0.1) is 11.8 Å². The molecule has 2 aromatic rings. The van der Waals surface area contributed by atoms with E-state index in [-0.39, 0.29) is 29.8 Å². The Morgan fingerprint density at radius 3 is 2.60 bits per heavy atom. The van der Waals surface area contributed by atoms with E-state index >= 15 is 0 Å². The molecule has 2 heterocycles. The molecular formula is C22H30N6O2. The smallest absolute Gasteiger partial charge is 0.225 e. The van der Waals surface area contributed by atoms with Crippen LogP contribution in [0.5, 0.6) is 0 Å². The third-order valence-corrected chi connectivity index (χ3v) is 6.00. The zero-order valence-corrected chi connectivity index (χ0v) is 17.7. The van der Waals surface area contributed by atoms with E-state index in [0.29, 0.717) is 24.7 Å². The zero-order valence-electron chi connectivity index (χ0n) is 17.7. The molecule has 1 unspecified atom stereocenters. The van der Waals surface area contributed by atoms with Crippen molar-refractivity contribution in [1.82, 2.24) is 30.4 Å². The van der Waals surface area contributed by atoms with Crippen LogP contribution in [-0.2, 0) is 9.59 Å². The van der Waals surface area contributed by atoms with Gasteiger partial charge < -0.3 is 10.2 Å². The van der Waals surface area contributed by atoms with Crippen LogP contribution in [0.3, 0.4) is 0 Å². The van der Waals surface area contributed by atoms with Crippen LogP contribution in [0.25, 0.3) is 11.4 Å². The van der Waals surface area contributed by atoms with E-state index < -0.39 is 0 Å². The van der Waals surface area contributed by atoms with E-state index in [1.54, 1.807) is 4.80 Å². The average Bonchev–Trinajstić information content (AvgIpc) is 3.37. The molecule has 8 nitrogen and oxygen atoms in total. The van der Waals surface area contributed by atoms with Crippen molar-refractivity contribution in [2.45, 2.75) is 58.0 Å². The van der Waals surface area contributed by atoms with Gasteiger partial charge in [0.05, 0.1) is 12.0 Å². The van der Waals surface area contributed by atoms with Crippen LogP contribution >= 0.6 is 0 Å². The lowest BCUT2D eigenvalue weighted by Gasteiger charge is -2.29. The number of carbonyl (C=O) groups excluding carboxylic acids is 2. The maximum Gasteiger partial charge on any atom is 0.225 e. The summed E-state index contributed by atoms with van der Waals surface area (Å²) in [7, 11) is 0. The molecule has 8 heteroatoms. The van der Waals surface area contributed by atoms with Gasteiger partial charge in [0, 0.05) is 31.1 Å². The van der Waals surface area contributed by atoms with Gasteiger partial charge in [-0.05, 0) is 36.8 Å². The average molecular weight is 411 g/mol. The lowest BCUT2D eigenvalue weighted by atomic mass is 9.91. The minimum Gasteiger partial charge on any atom is -0.353 e. The Morgan fingerprint density at radius 2 is 1.90 bits per heavy atom. The Kier molecular flexibility index (Phi) is 6.11. The number of carbonyl (C=O) groups is 2. The van der Waals surface area contributed by atoms with Gasteiger partial charge in [-0.25, -0.2) is 0 Å². The van der Waals surface area contributed by atoms with Gasteiger partial charge in [0.25, 0.3) is 0 Å². The summed E-state index contributed by atoms with van der Waals surface area (Å²) in [5, 5.41) is 16.2. The summed E-state index contributed by atoms with van der Waals surface area (Å²) in [6.07, 6.45) is 3.90. The SMILES string of the molecule is CC(C)CN1CC(C(=O)NC2CCC(n3nnc(-c4ccccc4)n3)CC2)CC1=O. The Labute approximate surface area is 177 Å². The third kappa shape index (κ3) is 4.68. The largest absolute Gasteiger partial charge is 0.353 e. The van der Waals surface area contributed by atoms with Gasteiger partial charge in [0.15, 0.2) is 0 Å². The van der Waals surface area contributed by atoms with Crippen molar-refractivity contribution in [1.29, 1.82) is 0 Å². The first kappa shape index (κ1) is 20.5. The van der Waals surface area contributed by atoms with E-state index in [4.69, 9.17) is 0 Å². The van der Waals surface area contributed by atoms with Crippen molar-refractivity contribution in [3.63, 3.8) is 0 Å². The van der Waals surface area contributed by atoms with Crippen LogP contribution in [-0.4, -0.2) is 56.1 Å². The summed E-state index contributed by atoms with van der Waals surface area (Å²) >= 11 is 0. The van der Waals surface area contributed by atoms with Gasteiger partial charge in [-0.3, -0.25) is 9.59 Å². The molecule has 1 N–H and O–H groups in total. The Morgan fingerprint density at radius 1 is 1.17 bits per heavy atom. The third-order valence-electron chi connectivity index (χ3n) is 6.00. The number of benzene rings is 1. The van der Waals surface area contributed by atoms with E-state index in [2.05, 4.69) is 34.6 Å². The van der Waals surface area contributed by atoms with Gasteiger partial charge in [0.2, 0.25) is 17.6 Å². The number of rotatable bonds is 6. The van der Waals surface area contributed by atoms with Crippen LogP contribution in [0.15, 0.2) is 30.3 Å². The topological polar surface area (TPSA) is 93.0 Å². The predicted molar refractivity (Wildman–Crippen MR) is 112 cm³/mol. The first-order valence-corrected chi connectivity index (χ1v) is 10.9. The lowest BCUT2D eigenvalue weighted by Crippen LogP contribution is -2.42. The summed E-state index contributed by atoms with van der Waals surface area (Å²) in [6, 6.07) is 10.2. The second-order valence-corrected chi connectivity index (χ2v) is 8.91. The van der Waals surface area contributed by atoms with Crippen LogP contribution < -0.4 is 5.32 Å². The number of amides is 2. The second kappa shape index (κ2) is 8.93. The van der Waals surface area contributed by atoms with E-state index in [1.165, 1.54) is 0 Å². The number of nitrogens with one attached hydrogen (secondary N) is 1. The predicted octanol–water partition coefficient (Wildman–Crippen LogP) is 2.44. The number of aromatic nitrogens is 4. The summed E-state index contributed by atoms with van der Waals surface area (Å²) in [5.41, 5.74) is 0.960. The molecule has 2 aliphatic rings. The highest BCUT2D eigenvalue weighted by molar-refractivity contribution is 5.89. The molecule has 1 atom stereocenters. The number of tetrazole rings is 1. The first-order valence-electron chi connectivity index (χ1n) is 10.9.